The Labute approximate surface area is 83.4 Å². The third-order valence-corrected chi connectivity index (χ3v) is 0. The molecule has 0 fully saturated rings. The molecule has 0 saturated heterocycles. The van der Waals surface area contributed by atoms with Crippen molar-refractivity contribution >= 4 is 55.1 Å². The first kappa shape index (κ1) is 15.9. The fourth-order valence-electron chi connectivity index (χ4n) is 0. The Balaban J connectivity index is -0.0000000800. The summed E-state index contributed by atoms with van der Waals surface area (Å²) in [5, 5.41) is 0. The Morgan fingerprint density at radius 1 is 1.14 bits per heavy atom. The molecule has 0 unspecified atom stereocenters. The minimum atomic E-state index is -5.75. The molecule has 7 heavy (non-hydrogen) atoms. The molecule has 0 saturated carbocycles. The molecular formula is AlCaCrO4+3. The van der Waals surface area contributed by atoms with Gasteiger partial charge in [-0.15, -0.1) is 0 Å². The number of hydrogen-bond acceptors (Lipinski definition) is 4. The van der Waals surface area contributed by atoms with Crippen LogP contribution in [0, 0.1) is 0 Å². The van der Waals surface area contributed by atoms with Crippen molar-refractivity contribution in [2.45, 2.75) is 0 Å². The standard InChI is InChI=1S/Al.Ca.Cr.4O/q+3;+2;;;;2*-1. The van der Waals surface area contributed by atoms with Gasteiger partial charge in [-0.2, -0.15) is 0 Å². The number of rotatable bonds is 0. The first-order chi connectivity index (χ1) is 2.00. The van der Waals surface area contributed by atoms with Gasteiger partial charge in [-0.3, -0.25) is 0 Å². The molecule has 0 aliphatic rings. The molecule has 0 aromatic rings. The third-order valence-electron chi connectivity index (χ3n) is 0. The van der Waals surface area contributed by atoms with Gasteiger partial charge in [0.15, 0.2) is 0 Å². The summed E-state index contributed by atoms with van der Waals surface area (Å²) >= 11 is -5.75. The average Bonchev–Trinajstić information content (AvgIpc) is 0.722. The molecule has 0 aliphatic heterocycles. The van der Waals surface area contributed by atoms with Crippen molar-refractivity contribution in [2.24, 2.45) is 0 Å². The zero-order valence-electron chi connectivity index (χ0n) is 3.33. The molecule has 0 radical (unpaired) electrons. The summed E-state index contributed by atoms with van der Waals surface area (Å²) in [5.41, 5.74) is 0. The Morgan fingerprint density at radius 2 is 1.14 bits per heavy atom. The first-order valence-electron chi connectivity index (χ1n) is 0.667. The SMILES string of the molecule is [Al+3].[Ca+2].[O]=[Cr](=[O])([O-])[O-]. The summed E-state index contributed by atoms with van der Waals surface area (Å²) in [7, 11) is 0. The molecule has 0 amide bonds. The summed E-state index contributed by atoms with van der Waals surface area (Å²) in [6.45, 7) is 0. The summed E-state index contributed by atoms with van der Waals surface area (Å²) in [4.78, 5) is 0. The van der Waals surface area contributed by atoms with Crippen LogP contribution in [0.5, 0.6) is 0 Å². The van der Waals surface area contributed by atoms with E-state index >= 15 is 0 Å². The predicted molar refractivity (Wildman–Crippen MR) is 12.9 cm³/mol. The summed E-state index contributed by atoms with van der Waals surface area (Å²) in [6, 6.07) is 0. The molecule has 0 aromatic heterocycles. The molecule has 0 aromatic carbocycles. The molecule has 7 heteroatoms. The molecule has 0 bridgehead atoms. The van der Waals surface area contributed by atoms with Gasteiger partial charge in [0.05, 0.1) is 0 Å². The monoisotopic (exact) mass is 183 g/mol. The van der Waals surface area contributed by atoms with Gasteiger partial charge >= 0.3 is 84.6 Å². The quantitative estimate of drug-likeness (QED) is 0.367. The van der Waals surface area contributed by atoms with E-state index in [1.165, 1.54) is 0 Å². The van der Waals surface area contributed by atoms with E-state index in [1.807, 2.05) is 0 Å². The topological polar surface area (TPSA) is 80.3 Å². The normalized spacial score (nSPS) is 8.29. The van der Waals surface area contributed by atoms with Crippen molar-refractivity contribution < 1.29 is 29.5 Å². The van der Waals surface area contributed by atoms with Crippen LogP contribution in [-0.4, -0.2) is 55.1 Å². The van der Waals surface area contributed by atoms with Crippen LogP contribution >= 0.6 is 0 Å². The van der Waals surface area contributed by atoms with E-state index in [1.54, 1.807) is 0 Å². The second kappa shape index (κ2) is 5.97. The van der Waals surface area contributed by atoms with Gasteiger partial charge in [0.25, 0.3) is 0 Å². The zero-order valence-corrected chi connectivity index (χ0v) is 7.96. The van der Waals surface area contributed by atoms with Crippen LogP contribution < -0.4 is 8.32 Å². The van der Waals surface area contributed by atoms with Gasteiger partial charge in [-0.1, -0.05) is 0 Å². The van der Waals surface area contributed by atoms with Crippen molar-refractivity contribution in [3.63, 3.8) is 0 Å². The van der Waals surface area contributed by atoms with Gasteiger partial charge < -0.3 is 0 Å². The maximum absolute atomic E-state index is 8.59. The van der Waals surface area contributed by atoms with Gasteiger partial charge in [0, 0.05) is 0 Å². The van der Waals surface area contributed by atoms with Crippen molar-refractivity contribution in [1.29, 1.82) is 0 Å². The molecule has 0 aliphatic carbocycles. The Morgan fingerprint density at radius 3 is 1.14 bits per heavy atom. The fourth-order valence-corrected chi connectivity index (χ4v) is 0. The van der Waals surface area contributed by atoms with Crippen molar-refractivity contribution in [1.82, 2.24) is 0 Å². The minimum absolute atomic E-state index is 0. The van der Waals surface area contributed by atoms with Crippen LogP contribution in [0.3, 0.4) is 0 Å². The molecule has 0 rings (SSSR count). The summed E-state index contributed by atoms with van der Waals surface area (Å²) < 4.78 is 34.4. The second-order valence-electron chi connectivity index (χ2n) is 0.408. The van der Waals surface area contributed by atoms with E-state index in [9.17, 15) is 0 Å². The third kappa shape index (κ3) is 78.8. The van der Waals surface area contributed by atoms with Crippen LogP contribution in [0.1, 0.15) is 0 Å². The van der Waals surface area contributed by atoms with E-state index in [-0.39, 0.29) is 55.1 Å². The van der Waals surface area contributed by atoms with E-state index in [2.05, 4.69) is 0 Å². The molecule has 0 atom stereocenters. The van der Waals surface area contributed by atoms with Crippen LogP contribution in [-0.2, 0) is 21.2 Å². The number of hydrogen-bond donors (Lipinski definition) is 0. The van der Waals surface area contributed by atoms with Crippen LogP contribution in [0.2, 0.25) is 0 Å². The molecule has 0 heterocycles. The van der Waals surface area contributed by atoms with E-state index in [0.717, 1.165) is 0 Å². The van der Waals surface area contributed by atoms with Gasteiger partial charge in [0.2, 0.25) is 0 Å². The van der Waals surface area contributed by atoms with Crippen molar-refractivity contribution in [3.8, 4) is 0 Å². The van der Waals surface area contributed by atoms with Crippen molar-refractivity contribution in [2.75, 3.05) is 0 Å². The van der Waals surface area contributed by atoms with E-state index in [0.29, 0.717) is 0 Å². The van der Waals surface area contributed by atoms with E-state index < -0.39 is 13.6 Å². The van der Waals surface area contributed by atoms with Gasteiger partial charge in [-0.05, 0) is 0 Å². The predicted octanol–water partition coefficient (Wildman–Crippen LogP) is -3.38. The molecule has 32 valence electrons. The average molecular weight is 183 g/mol. The summed E-state index contributed by atoms with van der Waals surface area (Å²) in [5.74, 6) is 0. The molecule has 0 spiro atoms. The maximum atomic E-state index is 8.59. The van der Waals surface area contributed by atoms with Crippen molar-refractivity contribution in [3.05, 3.63) is 0 Å². The first-order valence-corrected chi connectivity index (χ1v) is 2.75. The van der Waals surface area contributed by atoms with Crippen LogP contribution in [0.15, 0.2) is 0 Å². The van der Waals surface area contributed by atoms with Crippen LogP contribution in [0.25, 0.3) is 0 Å². The van der Waals surface area contributed by atoms with Gasteiger partial charge in [-0.25, -0.2) is 0 Å². The van der Waals surface area contributed by atoms with E-state index in [4.69, 9.17) is 15.9 Å². The summed E-state index contributed by atoms with van der Waals surface area (Å²) in [6.07, 6.45) is 0. The molecule has 0 N–H and O–H groups in total. The van der Waals surface area contributed by atoms with Gasteiger partial charge in [0.1, 0.15) is 0 Å². The molecular weight excluding hydrogens is 183 g/mol. The van der Waals surface area contributed by atoms with Crippen LogP contribution in [0.4, 0.5) is 0 Å². The Kier molecular flexibility index (Phi) is 13.6. The second-order valence-corrected chi connectivity index (χ2v) is 1.68. The zero-order chi connectivity index (χ0) is 4.50. The molecule has 4 nitrogen and oxygen atoms in total. The Hall–Kier alpha value is 1.84. The Bertz CT molecular complexity index is 94.9. The fraction of sp³-hybridized carbons (Fsp3) is 0.